The topological polar surface area (TPSA) is 121 Å². The van der Waals surface area contributed by atoms with E-state index < -0.39 is 17.9 Å². The van der Waals surface area contributed by atoms with Crippen molar-refractivity contribution < 1.29 is 19.1 Å². The van der Waals surface area contributed by atoms with Crippen molar-refractivity contribution in [3.05, 3.63) is 82.8 Å². The number of para-hydroxylation sites is 2. The zero-order valence-corrected chi connectivity index (χ0v) is 19.7. The van der Waals surface area contributed by atoms with Crippen LogP contribution in [0.25, 0.3) is 0 Å². The normalized spacial score (nSPS) is 18.3. The number of benzene rings is 2. The summed E-state index contributed by atoms with van der Waals surface area (Å²) in [7, 11) is 2.47. The van der Waals surface area contributed by atoms with Crippen molar-refractivity contribution in [2.45, 2.75) is 5.92 Å². The fourth-order valence-corrected chi connectivity index (χ4v) is 4.59. The number of carbonyl (C=O) groups excluding carboxylic acids is 2. The van der Waals surface area contributed by atoms with Gasteiger partial charge in [0.2, 0.25) is 0 Å². The maximum Gasteiger partial charge on any atom is 0.355 e. The average molecular weight is 474 g/mol. The number of hydrogen-bond donors (Lipinski definition) is 2. The largest absolute Gasteiger partial charge is 0.466 e. The quantitative estimate of drug-likeness (QED) is 0.628. The van der Waals surface area contributed by atoms with Gasteiger partial charge in [0.1, 0.15) is 11.5 Å². The first-order valence-corrected chi connectivity index (χ1v) is 11.2. The van der Waals surface area contributed by atoms with Gasteiger partial charge in [-0.25, -0.2) is 9.59 Å². The molecule has 2 aromatic carbocycles. The highest BCUT2D eigenvalue weighted by Gasteiger charge is 2.43. The molecule has 9 heteroatoms. The van der Waals surface area contributed by atoms with Crippen molar-refractivity contribution in [3.63, 3.8) is 0 Å². The molecule has 2 heterocycles. The van der Waals surface area contributed by atoms with Crippen LogP contribution in [0.5, 0.6) is 0 Å². The minimum absolute atomic E-state index is 0.00795. The van der Waals surface area contributed by atoms with Crippen molar-refractivity contribution in [2.24, 2.45) is 5.73 Å². The van der Waals surface area contributed by atoms with Crippen LogP contribution >= 0.6 is 0 Å². The van der Waals surface area contributed by atoms with Gasteiger partial charge in [-0.05, 0) is 17.7 Å². The molecular formula is C26H27N5O4. The molecule has 1 atom stereocenters. The Morgan fingerprint density at radius 1 is 0.971 bits per heavy atom. The van der Waals surface area contributed by atoms with Crippen LogP contribution in [-0.4, -0.2) is 52.3 Å². The molecule has 9 nitrogen and oxygen atoms in total. The van der Waals surface area contributed by atoms with E-state index in [-0.39, 0.29) is 22.7 Å². The summed E-state index contributed by atoms with van der Waals surface area (Å²) in [5, 5.41) is 13.5. The lowest BCUT2D eigenvalue weighted by atomic mass is 9.81. The van der Waals surface area contributed by atoms with Gasteiger partial charge in [0.15, 0.2) is 0 Å². The number of carbonyl (C=O) groups is 2. The number of nitrogens with zero attached hydrogens (tertiary/aromatic N) is 3. The van der Waals surface area contributed by atoms with Crippen LogP contribution in [0, 0.1) is 11.3 Å². The van der Waals surface area contributed by atoms with Gasteiger partial charge in [0.05, 0.1) is 48.7 Å². The average Bonchev–Trinajstić information content (AvgIpc) is 2.92. The van der Waals surface area contributed by atoms with Gasteiger partial charge >= 0.3 is 11.9 Å². The van der Waals surface area contributed by atoms with Gasteiger partial charge in [0.25, 0.3) is 0 Å². The minimum atomic E-state index is -0.898. The number of ether oxygens (including phenoxy) is 2. The summed E-state index contributed by atoms with van der Waals surface area (Å²) in [5.41, 5.74) is 8.70. The van der Waals surface area contributed by atoms with E-state index in [0.717, 1.165) is 31.9 Å². The second-order valence-electron chi connectivity index (χ2n) is 8.06. The molecule has 0 amide bonds. The van der Waals surface area contributed by atoms with Crippen molar-refractivity contribution in [1.82, 2.24) is 5.32 Å². The van der Waals surface area contributed by atoms with E-state index in [1.54, 1.807) is 30.3 Å². The van der Waals surface area contributed by atoms with Gasteiger partial charge in [0, 0.05) is 26.2 Å². The number of piperazine rings is 1. The molecule has 180 valence electrons. The first kappa shape index (κ1) is 23.9. The van der Waals surface area contributed by atoms with Crippen molar-refractivity contribution in [3.8, 4) is 6.07 Å². The Bertz CT molecular complexity index is 1230. The Morgan fingerprint density at radius 2 is 1.57 bits per heavy atom. The lowest BCUT2D eigenvalue weighted by molar-refractivity contribution is -0.139. The number of allylic oxidation sites excluding steroid dienone is 1. The molecule has 1 saturated heterocycles. The van der Waals surface area contributed by atoms with E-state index in [1.807, 2.05) is 24.3 Å². The van der Waals surface area contributed by atoms with Crippen LogP contribution in [0.15, 0.2) is 77.3 Å². The van der Waals surface area contributed by atoms with E-state index in [0.29, 0.717) is 11.3 Å². The molecule has 2 aliphatic rings. The monoisotopic (exact) mass is 473 g/mol. The standard InChI is InChI=1S/C26H27N5O4/c1-34-25(32)22-21(17-8-4-3-5-9-17)18(16-27)24(28)31(23(22)26(33)35-2)20-11-7-6-10-19(20)30-14-12-29-13-15-30/h3-11,21,29H,12-15,28H2,1-2H3. The summed E-state index contributed by atoms with van der Waals surface area (Å²) >= 11 is 0. The zero-order chi connectivity index (χ0) is 24.9. The number of anilines is 2. The van der Waals surface area contributed by atoms with Crippen LogP contribution < -0.4 is 20.9 Å². The third-order valence-corrected chi connectivity index (χ3v) is 6.19. The summed E-state index contributed by atoms with van der Waals surface area (Å²) in [5.74, 6) is -2.35. The fourth-order valence-electron chi connectivity index (χ4n) is 4.59. The molecule has 3 N–H and O–H groups in total. The first-order valence-electron chi connectivity index (χ1n) is 11.2. The van der Waals surface area contributed by atoms with Gasteiger partial charge in [-0.1, -0.05) is 42.5 Å². The Balaban J connectivity index is 2.03. The van der Waals surface area contributed by atoms with Crippen molar-refractivity contribution in [1.29, 1.82) is 5.26 Å². The molecule has 4 rings (SSSR count). The molecule has 0 spiro atoms. The highest BCUT2D eigenvalue weighted by atomic mass is 16.5. The summed E-state index contributed by atoms with van der Waals surface area (Å²) in [4.78, 5) is 30.1. The summed E-state index contributed by atoms with van der Waals surface area (Å²) in [6.07, 6.45) is 0. The predicted octanol–water partition coefficient (Wildman–Crippen LogP) is 1.99. The van der Waals surface area contributed by atoms with Crippen molar-refractivity contribution in [2.75, 3.05) is 50.2 Å². The summed E-state index contributed by atoms with van der Waals surface area (Å²) in [6.45, 7) is 3.08. The van der Waals surface area contributed by atoms with Crippen molar-refractivity contribution >= 4 is 23.3 Å². The molecule has 1 unspecified atom stereocenters. The molecule has 0 radical (unpaired) electrons. The van der Waals surface area contributed by atoms with E-state index in [2.05, 4.69) is 16.3 Å². The number of hydrogen-bond acceptors (Lipinski definition) is 9. The van der Waals surface area contributed by atoms with Gasteiger partial charge in [-0.2, -0.15) is 5.26 Å². The molecule has 2 aromatic rings. The summed E-state index contributed by atoms with van der Waals surface area (Å²) < 4.78 is 10.2. The molecule has 0 saturated carbocycles. The molecule has 0 aromatic heterocycles. The molecule has 0 bridgehead atoms. The number of esters is 2. The first-order chi connectivity index (χ1) is 17.0. The van der Waals surface area contributed by atoms with Crippen LogP contribution in [0.4, 0.5) is 11.4 Å². The molecule has 35 heavy (non-hydrogen) atoms. The number of nitrogens with one attached hydrogen (secondary N) is 1. The van der Waals surface area contributed by atoms with Gasteiger partial charge in [-0.3, -0.25) is 4.90 Å². The van der Waals surface area contributed by atoms with E-state index >= 15 is 0 Å². The third-order valence-electron chi connectivity index (χ3n) is 6.19. The zero-order valence-electron chi connectivity index (χ0n) is 19.7. The minimum Gasteiger partial charge on any atom is -0.466 e. The number of nitriles is 1. The maximum absolute atomic E-state index is 13.3. The maximum atomic E-state index is 13.3. The number of methoxy groups -OCH3 is 2. The smallest absolute Gasteiger partial charge is 0.355 e. The van der Waals surface area contributed by atoms with E-state index in [4.69, 9.17) is 15.2 Å². The van der Waals surface area contributed by atoms with Crippen LogP contribution in [0.3, 0.4) is 0 Å². The summed E-state index contributed by atoms with van der Waals surface area (Å²) in [6, 6.07) is 18.6. The number of nitrogens with two attached hydrogens (primary N) is 1. The predicted molar refractivity (Wildman–Crippen MR) is 131 cm³/mol. The number of rotatable bonds is 5. The Labute approximate surface area is 204 Å². The van der Waals surface area contributed by atoms with E-state index in [1.165, 1.54) is 19.1 Å². The molecule has 2 aliphatic heterocycles. The lowest BCUT2D eigenvalue weighted by Crippen LogP contribution is -2.45. The lowest BCUT2D eigenvalue weighted by Gasteiger charge is -2.39. The van der Waals surface area contributed by atoms with Gasteiger partial charge < -0.3 is 25.4 Å². The Hall–Kier alpha value is -4.29. The highest BCUT2D eigenvalue weighted by Crippen LogP contribution is 2.45. The van der Waals surface area contributed by atoms with Gasteiger partial charge in [-0.15, -0.1) is 0 Å². The Kier molecular flexibility index (Phi) is 7.03. The van der Waals surface area contributed by atoms with Crippen LogP contribution in [-0.2, 0) is 19.1 Å². The Morgan fingerprint density at radius 3 is 2.17 bits per heavy atom. The molecular weight excluding hydrogens is 446 g/mol. The SMILES string of the molecule is COC(=O)C1=C(C(=O)OC)N(c2ccccc2N2CCNCC2)C(N)=C(C#N)C1c1ccccc1. The third kappa shape index (κ3) is 4.32. The molecule has 1 fully saturated rings. The second-order valence-corrected chi connectivity index (χ2v) is 8.06. The highest BCUT2D eigenvalue weighted by molar-refractivity contribution is 6.07. The van der Waals surface area contributed by atoms with Crippen LogP contribution in [0.1, 0.15) is 11.5 Å². The molecule has 0 aliphatic carbocycles. The van der Waals surface area contributed by atoms with Crippen LogP contribution in [0.2, 0.25) is 0 Å². The van der Waals surface area contributed by atoms with E-state index in [9.17, 15) is 14.9 Å². The second kappa shape index (κ2) is 10.3. The fraction of sp³-hybridized carbons (Fsp3) is 0.269.